The summed E-state index contributed by atoms with van der Waals surface area (Å²) in [7, 11) is 0. The number of rotatable bonds is 1. The van der Waals surface area contributed by atoms with Gasteiger partial charge in [-0.05, 0) is 34.1 Å². The smallest absolute Gasteiger partial charge is 0.255 e. The maximum Gasteiger partial charge on any atom is 0.255 e. The molecular formula is C9H6BrNOS. The molecule has 66 valence electrons. The van der Waals surface area contributed by atoms with Crippen LogP contribution in [0.2, 0.25) is 0 Å². The van der Waals surface area contributed by atoms with Gasteiger partial charge in [-0.15, -0.1) is 11.3 Å². The van der Waals surface area contributed by atoms with E-state index in [0.717, 1.165) is 8.79 Å². The van der Waals surface area contributed by atoms with Crippen molar-refractivity contribution in [2.45, 2.75) is 0 Å². The Morgan fingerprint density at radius 1 is 1.23 bits per heavy atom. The lowest BCUT2D eigenvalue weighted by Gasteiger charge is -1.98. The highest BCUT2D eigenvalue weighted by Crippen LogP contribution is 2.24. The van der Waals surface area contributed by atoms with Crippen molar-refractivity contribution in [2.24, 2.45) is 0 Å². The molecule has 2 aromatic heterocycles. The molecule has 0 unspecified atom stereocenters. The molecule has 0 aromatic carbocycles. The van der Waals surface area contributed by atoms with E-state index in [9.17, 15) is 4.79 Å². The normalized spacial score (nSPS) is 10.2. The zero-order valence-electron chi connectivity index (χ0n) is 6.61. The van der Waals surface area contributed by atoms with Crippen molar-refractivity contribution in [1.29, 1.82) is 0 Å². The van der Waals surface area contributed by atoms with E-state index in [2.05, 4.69) is 15.9 Å². The Morgan fingerprint density at radius 3 is 2.69 bits per heavy atom. The van der Waals surface area contributed by atoms with Gasteiger partial charge < -0.3 is 0 Å². The summed E-state index contributed by atoms with van der Waals surface area (Å²) < 4.78 is 2.65. The molecule has 0 aliphatic heterocycles. The van der Waals surface area contributed by atoms with Gasteiger partial charge >= 0.3 is 0 Å². The Morgan fingerprint density at radius 2 is 2.08 bits per heavy atom. The van der Waals surface area contributed by atoms with Crippen molar-refractivity contribution in [1.82, 2.24) is 4.57 Å². The fourth-order valence-corrected chi connectivity index (χ4v) is 2.39. The van der Waals surface area contributed by atoms with Crippen LogP contribution in [0.3, 0.4) is 0 Å². The average Bonchev–Trinajstić information content (AvgIpc) is 2.53. The van der Waals surface area contributed by atoms with Gasteiger partial charge in [0, 0.05) is 12.3 Å². The first-order valence-corrected chi connectivity index (χ1v) is 5.32. The fraction of sp³-hybridized carbons (Fsp3) is 0. The number of hydrogen-bond donors (Lipinski definition) is 0. The average molecular weight is 256 g/mol. The Balaban J connectivity index is 2.59. The van der Waals surface area contributed by atoms with Crippen LogP contribution in [0, 0.1) is 0 Å². The summed E-state index contributed by atoms with van der Waals surface area (Å²) in [6, 6.07) is 8.97. The maximum atomic E-state index is 11.4. The van der Waals surface area contributed by atoms with E-state index in [-0.39, 0.29) is 5.56 Å². The lowest BCUT2D eigenvalue weighted by atomic mass is 10.5. The second-order valence-electron chi connectivity index (χ2n) is 2.49. The Bertz CT molecular complexity index is 474. The van der Waals surface area contributed by atoms with Gasteiger partial charge in [0.1, 0.15) is 5.00 Å². The van der Waals surface area contributed by atoms with Gasteiger partial charge in [-0.3, -0.25) is 9.36 Å². The summed E-state index contributed by atoms with van der Waals surface area (Å²) in [5, 5.41) is 0.928. The van der Waals surface area contributed by atoms with Crippen molar-refractivity contribution >= 4 is 27.3 Å². The van der Waals surface area contributed by atoms with Crippen LogP contribution in [0.4, 0.5) is 0 Å². The molecule has 0 spiro atoms. The summed E-state index contributed by atoms with van der Waals surface area (Å²) in [5.41, 5.74) is -0.00292. The zero-order chi connectivity index (χ0) is 9.26. The lowest BCUT2D eigenvalue weighted by molar-refractivity contribution is 1.01. The van der Waals surface area contributed by atoms with Crippen molar-refractivity contribution in [3.05, 3.63) is 50.7 Å². The van der Waals surface area contributed by atoms with Crippen LogP contribution in [0.15, 0.2) is 45.1 Å². The van der Waals surface area contributed by atoms with Gasteiger partial charge in [-0.1, -0.05) is 6.07 Å². The minimum absolute atomic E-state index is 0.00292. The third-order valence-electron chi connectivity index (χ3n) is 1.62. The summed E-state index contributed by atoms with van der Waals surface area (Å²) in [6.07, 6.45) is 1.76. The number of hydrogen-bond acceptors (Lipinski definition) is 2. The molecule has 0 saturated carbocycles. The number of halogens is 1. The highest BCUT2D eigenvalue weighted by molar-refractivity contribution is 9.11. The SMILES string of the molecule is O=c1ccccn1-c1ccc(Br)s1. The fourth-order valence-electron chi connectivity index (χ4n) is 1.04. The molecular weight excluding hydrogens is 250 g/mol. The van der Waals surface area contributed by atoms with E-state index >= 15 is 0 Å². The predicted octanol–water partition coefficient (Wildman–Crippen LogP) is 2.66. The predicted molar refractivity (Wildman–Crippen MR) is 57.6 cm³/mol. The second kappa shape index (κ2) is 3.47. The number of thiophene rings is 1. The molecule has 4 heteroatoms. The summed E-state index contributed by atoms with van der Waals surface area (Å²) >= 11 is 4.89. The maximum absolute atomic E-state index is 11.4. The quantitative estimate of drug-likeness (QED) is 0.768. The van der Waals surface area contributed by atoms with Crippen LogP contribution in [0.1, 0.15) is 0 Å². The monoisotopic (exact) mass is 255 g/mol. The highest BCUT2D eigenvalue weighted by Gasteiger charge is 2.00. The van der Waals surface area contributed by atoms with Gasteiger partial charge in [0.05, 0.1) is 3.79 Å². The van der Waals surface area contributed by atoms with E-state index < -0.39 is 0 Å². The van der Waals surface area contributed by atoms with Crippen LogP contribution < -0.4 is 5.56 Å². The van der Waals surface area contributed by atoms with Crippen LogP contribution in [0.5, 0.6) is 0 Å². The van der Waals surface area contributed by atoms with E-state index in [1.807, 2.05) is 18.2 Å². The van der Waals surface area contributed by atoms with Gasteiger partial charge in [-0.2, -0.15) is 0 Å². The molecule has 0 saturated heterocycles. The van der Waals surface area contributed by atoms with Crippen LogP contribution >= 0.6 is 27.3 Å². The third kappa shape index (κ3) is 1.73. The second-order valence-corrected chi connectivity index (χ2v) is 4.93. The standard InChI is InChI=1S/C9H6BrNOS/c10-7-4-5-9(13-7)11-6-2-1-3-8(11)12/h1-6H. The first kappa shape index (κ1) is 8.72. The molecule has 0 radical (unpaired) electrons. The Labute approximate surface area is 87.6 Å². The molecule has 0 fully saturated rings. The zero-order valence-corrected chi connectivity index (χ0v) is 9.01. The summed E-state index contributed by atoms with van der Waals surface area (Å²) in [6.45, 7) is 0. The summed E-state index contributed by atoms with van der Waals surface area (Å²) in [5.74, 6) is 0. The number of pyridine rings is 1. The van der Waals surface area contributed by atoms with Crippen LogP contribution in [-0.4, -0.2) is 4.57 Å². The Hall–Kier alpha value is -0.870. The molecule has 0 amide bonds. The van der Waals surface area contributed by atoms with Crippen LogP contribution in [0.25, 0.3) is 5.00 Å². The number of nitrogens with zero attached hydrogens (tertiary/aromatic N) is 1. The highest BCUT2D eigenvalue weighted by atomic mass is 79.9. The molecule has 0 aliphatic carbocycles. The third-order valence-corrected chi connectivity index (χ3v) is 3.24. The molecule has 2 heterocycles. The molecule has 13 heavy (non-hydrogen) atoms. The molecule has 0 aliphatic rings. The molecule has 2 rings (SSSR count). The molecule has 0 bridgehead atoms. The molecule has 2 nitrogen and oxygen atoms in total. The Kier molecular flexibility index (Phi) is 2.33. The minimum atomic E-state index is -0.00292. The topological polar surface area (TPSA) is 22.0 Å². The lowest BCUT2D eigenvalue weighted by Crippen LogP contribution is -2.13. The summed E-state index contributed by atoms with van der Waals surface area (Å²) in [4.78, 5) is 11.4. The van der Waals surface area contributed by atoms with E-state index in [1.165, 1.54) is 11.3 Å². The number of aromatic nitrogens is 1. The first-order chi connectivity index (χ1) is 6.27. The minimum Gasteiger partial charge on any atom is -0.275 e. The van der Waals surface area contributed by atoms with Crippen molar-refractivity contribution in [3.8, 4) is 5.00 Å². The largest absolute Gasteiger partial charge is 0.275 e. The van der Waals surface area contributed by atoms with Gasteiger partial charge in [0.25, 0.3) is 5.56 Å². The first-order valence-electron chi connectivity index (χ1n) is 3.71. The molecule has 2 aromatic rings. The van der Waals surface area contributed by atoms with E-state index in [4.69, 9.17) is 0 Å². The van der Waals surface area contributed by atoms with Crippen molar-refractivity contribution in [3.63, 3.8) is 0 Å². The van der Waals surface area contributed by atoms with Gasteiger partial charge in [-0.25, -0.2) is 0 Å². The van der Waals surface area contributed by atoms with Crippen LogP contribution in [-0.2, 0) is 0 Å². The molecule has 0 N–H and O–H groups in total. The molecule has 0 atom stereocenters. The van der Waals surface area contributed by atoms with E-state index in [1.54, 1.807) is 22.9 Å². The van der Waals surface area contributed by atoms with E-state index in [0.29, 0.717) is 0 Å². The van der Waals surface area contributed by atoms with Gasteiger partial charge in [0.2, 0.25) is 0 Å². The van der Waals surface area contributed by atoms with Gasteiger partial charge in [0.15, 0.2) is 0 Å². The van der Waals surface area contributed by atoms with Crippen molar-refractivity contribution < 1.29 is 0 Å². The van der Waals surface area contributed by atoms with Crippen molar-refractivity contribution in [2.75, 3.05) is 0 Å².